The fraction of sp³-hybridized carbons (Fsp3) is 0.150. The summed E-state index contributed by atoms with van der Waals surface area (Å²) in [4.78, 5) is 4.46. The Hall–Kier alpha value is -2.41. The lowest BCUT2D eigenvalue weighted by molar-refractivity contribution is 1.27. The number of allylic oxidation sites excluding steroid dienone is 11. The highest BCUT2D eigenvalue weighted by Crippen LogP contribution is 2.21. The molecular formula is C20H23N. The van der Waals surface area contributed by atoms with Gasteiger partial charge in [0.25, 0.3) is 0 Å². The lowest BCUT2D eigenvalue weighted by Gasteiger charge is -2.06. The average Bonchev–Trinajstić information content (AvgIpc) is 2.51. The molecule has 0 unspecified atom stereocenters. The quantitative estimate of drug-likeness (QED) is 0.602. The van der Waals surface area contributed by atoms with E-state index in [1.807, 2.05) is 69.5 Å². The monoisotopic (exact) mass is 277 g/mol. The highest BCUT2D eigenvalue weighted by molar-refractivity contribution is 5.79. The summed E-state index contributed by atoms with van der Waals surface area (Å²) in [5, 5.41) is 0. The molecule has 0 saturated heterocycles. The summed E-state index contributed by atoms with van der Waals surface area (Å²) in [5.41, 5.74) is 4.31. The summed E-state index contributed by atoms with van der Waals surface area (Å²) in [6.07, 6.45) is 20.0. The van der Waals surface area contributed by atoms with E-state index >= 15 is 0 Å². The van der Waals surface area contributed by atoms with Crippen LogP contribution in [0.2, 0.25) is 0 Å². The van der Waals surface area contributed by atoms with Gasteiger partial charge in [-0.25, -0.2) is 0 Å². The van der Waals surface area contributed by atoms with Gasteiger partial charge in [0.2, 0.25) is 0 Å². The van der Waals surface area contributed by atoms with E-state index in [1.54, 1.807) is 6.08 Å². The molecule has 0 spiro atoms. The molecule has 0 aromatic carbocycles. The average molecular weight is 277 g/mol. The van der Waals surface area contributed by atoms with Gasteiger partial charge in [-0.2, -0.15) is 0 Å². The van der Waals surface area contributed by atoms with E-state index in [0.29, 0.717) is 0 Å². The fourth-order valence-corrected chi connectivity index (χ4v) is 1.93. The second kappa shape index (κ2) is 9.49. The minimum atomic E-state index is 0.946. The number of nitrogens with zero attached hydrogens (tertiary/aromatic N) is 1. The van der Waals surface area contributed by atoms with Crippen molar-refractivity contribution in [1.82, 2.24) is 4.98 Å². The van der Waals surface area contributed by atoms with Gasteiger partial charge < -0.3 is 0 Å². The van der Waals surface area contributed by atoms with Crippen LogP contribution in [0.3, 0.4) is 0 Å². The predicted octanol–water partition coefficient (Wildman–Crippen LogP) is 5.76. The van der Waals surface area contributed by atoms with E-state index in [-0.39, 0.29) is 0 Å². The third-order valence-electron chi connectivity index (χ3n) is 2.85. The fourth-order valence-electron chi connectivity index (χ4n) is 1.93. The number of pyridine rings is 1. The van der Waals surface area contributed by atoms with E-state index in [2.05, 4.69) is 29.8 Å². The van der Waals surface area contributed by atoms with E-state index < -0.39 is 0 Å². The molecule has 1 heteroatoms. The third kappa shape index (κ3) is 5.23. The number of hydrogen-bond acceptors (Lipinski definition) is 1. The summed E-state index contributed by atoms with van der Waals surface area (Å²) in [7, 11) is 0. The molecule has 0 bridgehead atoms. The Morgan fingerprint density at radius 3 is 2.33 bits per heavy atom. The molecule has 0 aliphatic rings. The molecule has 1 aromatic heterocycles. The maximum absolute atomic E-state index is 4.46. The van der Waals surface area contributed by atoms with Crippen LogP contribution in [0.4, 0.5) is 0 Å². The Bertz CT molecular complexity index is 610. The van der Waals surface area contributed by atoms with Gasteiger partial charge in [0.15, 0.2) is 0 Å². The zero-order valence-corrected chi connectivity index (χ0v) is 13.1. The molecule has 21 heavy (non-hydrogen) atoms. The van der Waals surface area contributed by atoms with Crippen LogP contribution in [0.1, 0.15) is 32.0 Å². The van der Waals surface area contributed by atoms with E-state index in [9.17, 15) is 0 Å². The van der Waals surface area contributed by atoms with Crippen LogP contribution in [-0.4, -0.2) is 4.98 Å². The predicted molar refractivity (Wildman–Crippen MR) is 94.8 cm³/mol. The van der Waals surface area contributed by atoms with E-state index in [1.165, 1.54) is 0 Å². The first kappa shape index (κ1) is 16.6. The summed E-state index contributed by atoms with van der Waals surface area (Å²) in [5.74, 6) is 0. The summed E-state index contributed by atoms with van der Waals surface area (Å²) >= 11 is 0. The van der Waals surface area contributed by atoms with Crippen LogP contribution >= 0.6 is 0 Å². The van der Waals surface area contributed by atoms with Gasteiger partial charge in [-0.1, -0.05) is 61.3 Å². The molecule has 1 heterocycles. The van der Waals surface area contributed by atoms with Crippen LogP contribution in [0, 0.1) is 0 Å². The Morgan fingerprint density at radius 2 is 1.71 bits per heavy atom. The van der Waals surface area contributed by atoms with Gasteiger partial charge in [0.1, 0.15) is 0 Å². The van der Waals surface area contributed by atoms with Crippen molar-refractivity contribution < 1.29 is 0 Å². The molecule has 1 rings (SSSR count). The SMILES string of the molecule is C=C/C=C(\C=C/C)c1cc(C(/C=C\C)=C/C=C\C)ccn1. The molecule has 1 aromatic rings. The smallest absolute Gasteiger partial charge is 0.0708 e. The van der Waals surface area contributed by atoms with Crippen LogP contribution < -0.4 is 0 Å². The molecule has 0 aliphatic carbocycles. The largest absolute Gasteiger partial charge is 0.256 e. The van der Waals surface area contributed by atoms with Crippen molar-refractivity contribution >= 4 is 11.1 Å². The van der Waals surface area contributed by atoms with Gasteiger partial charge in [-0.05, 0) is 49.6 Å². The van der Waals surface area contributed by atoms with Crippen LogP contribution in [0.25, 0.3) is 11.1 Å². The highest BCUT2D eigenvalue weighted by Gasteiger charge is 2.03. The van der Waals surface area contributed by atoms with Gasteiger partial charge in [-0.15, -0.1) is 0 Å². The van der Waals surface area contributed by atoms with Crippen molar-refractivity contribution in [3.05, 3.63) is 90.9 Å². The van der Waals surface area contributed by atoms with E-state index in [0.717, 1.165) is 22.4 Å². The standard InChI is InChI=1S/C20H23N/c1-5-9-13-17(10-6-2)19-14-15-21-20(16-19)18(11-7-3)12-8-4/h5-16H,3H2,1-2,4H3/b9-5-,10-6-,12-8-,17-13+,18-11+. The Labute approximate surface area is 128 Å². The van der Waals surface area contributed by atoms with Crippen molar-refractivity contribution in [2.75, 3.05) is 0 Å². The van der Waals surface area contributed by atoms with Gasteiger partial charge in [-0.3, -0.25) is 4.98 Å². The Balaban J connectivity index is 3.31. The Morgan fingerprint density at radius 1 is 1.00 bits per heavy atom. The molecular weight excluding hydrogens is 254 g/mol. The maximum atomic E-state index is 4.46. The molecule has 1 nitrogen and oxygen atoms in total. The summed E-state index contributed by atoms with van der Waals surface area (Å²) in [6, 6.07) is 4.13. The second-order valence-electron chi connectivity index (χ2n) is 4.44. The minimum Gasteiger partial charge on any atom is -0.256 e. The van der Waals surface area contributed by atoms with Crippen molar-refractivity contribution in [3.8, 4) is 0 Å². The highest BCUT2D eigenvalue weighted by atomic mass is 14.7. The van der Waals surface area contributed by atoms with Crippen molar-refractivity contribution in [2.45, 2.75) is 20.8 Å². The first-order valence-corrected chi connectivity index (χ1v) is 7.14. The number of aromatic nitrogens is 1. The molecule has 0 amide bonds. The molecule has 0 aliphatic heterocycles. The van der Waals surface area contributed by atoms with Crippen molar-refractivity contribution in [2.24, 2.45) is 0 Å². The summed E-state index contributed by atoms with van der Waals surface area (Å²) in [6.45, 7) is 9.80. The molecule has 0 fully saturated rings. The van der Waals surface area contributed by atoms with Gasteiger partial charge in [0.05, 0.1) is 5.69 Å². The molecule has 0 radical (unpaired) electrons. The first-order chi connectivity index (χ1) is 10.3. The van der Waals surface area contributed by atoms with Crippen molar-refractivity contribution in [1.29, 1.82) is 0 Å². The molecule has 108 valence electrons. The maximum Gasteiger partial charge on any atom is 0.0708 e. The summed E-state index contributed by atoms with van der Waals surface area (Å²) < 4.78 is 0. The van der Waals surface area contributed by atoms with Gasteiger partial charge >= 0.3 is 0 Å². The van der Waals surface area contributed by atoms with E-state index in [4.69, 9.17) is 0 Å². The molecule has 0 atom stereocenters. The zero-order valence-electron chi connectivity index (χ0n) is 13.1. The topological polar surface area (TPSA) is 12.9 Å². The lowest BCUT2D eigenvalue weighted by atomic mass is 10.0. The molecule has 0 saturated carbocycles. The second-order valence-corrected chi connectivity index (χ2v) is 4.44. The normalized spacial score (nSPS) is 13.7. The lowest BCUT2D eigenvalue weighted by Crippen LogP contribution is -1.90. The molecule has 0 N–H and O–H groups in total. The minimum absolute atomic E-state index is 0.946. The van der Waals surface area contributed by atoms with Crippen LogP contribution in [0.15, 0.2) is 79.6 Å². The van der Waals surface area contributed by atoms with Crippen LogP contribution in [-0.2, 0) is 0 Å². The zero-order chi connectivity index (χ0) is 15.5. The third-order valence-corrected chi connectivity index (χ3v) is 2.85. The van der Waals surface area contributed by atoms with Crippen LogP contribution in [0.5, 0.6) is 0 Å². The Kier molecular flexibility index (Phi) is 7.52. The van der Waals surface area contributed by atoms with Gasteiger partial charge in [0, 0.05) is 6.20 Å². The first-order valence-electron chi connectivity index (χ1n) is 7.14. The number of hydrogen-bond donors (Lipinski definition) is 0. The number of rotatable bonds is 6. The van der Waals surface area contributed by atoms with Crippen molar-refractivity contribution in [3.63, 3.8) is 0 Å².